The lowest BCUT2D eigenvalue weighted by Crippen LogP contribution is -2.43. The summed E-state index contributed by atoms with van der Waals surface area (Å²) >= 11 is 0. The Kier molecular flexibility index (Phi) is 7.53. The molecule has 0 aliphatic carbocycles. The molecule has 29 heavy (non-hydrogen) atoms. The average molecular weight is 418 g/mol. The van der Waals surface area contributed by atoms with Crippen molar-refractivity contribution < 1.29 is 18.0 Å². The van der Waals surface area contributed by atoms with Gasteiger partial charge in [0, 0.05) is 18.5 Å². The molecule has 0 spiro atoms. The van der Waals surface area contributed by atoms with E-state index in [1.54, 1.807) is 30.3 Å². The van der Waals surface area contributed by atoms with Crippen molar-refractivity contribution in [3.63, 3.8) is 0 Å². The molecule has 7 nitrogen and oxygen atoms in total. The van der Waals surface area contributed by atoms with E-state index in [4.69, 9.17) is 0 Å². The molecule has 2 amide bonds. The number of carbonyl (C=O) groups excluding carboxylic acids is 2. The summed E-state index contributed by atoms with van der Waals surface area (Å²) in [6.45, 7) is 7.71. The van der Waals surface area contributed by atoms with Crippen LogP contribution in [-0.2, 0) is 14.8 Å². The molecule has 0 atom stereocenters. The minimum atomic E-state index is -3.70. The van der Waals surface area contributed by atoms with E-state index in [0.717, 1.165) is 16.7 Å². The van der Waals surface area contributed by atoms with E-state index < -0.39 is 21.8 Å². The minimum Gasteiger partial charge on any atom is -0.273 e. The summed E-state index contributed by atoms with van der Waals surface area (Å²) in [6.07, 6.45) is -0.115. The maximum atomic E-state index is 12.3. The Hall–Kier alpha value is -2.71. The third-order valence-electron chi connectivity index (χ3n) is 4.44. The van der Waals surface area contributed by atoms with Gasteiger partial charge in [-0.3, -0.25) is 20.4 Å². The van der Waals surface area contributed by atoms with Crippen molar-refractivity contribution in [3.05, 3.63) is 64.7 Å². The van der Waals surface area contributed by atoms with Gasteiger partial charge in [-0.1, -0.05) is 43.7 Å². The molecule has 0 saturated heterocycles. The zero-order chi connectivity index (χ0) is 21.6. The molecule has 0 aromatic heterocycles. The van der Waals surface area contributed by atoms with E-state index in [1.165, 1.54) is 0 Å². The molecule has 0 bridgehead atoms. The Morgan fingerprint density at radius 1 is 0.966 bits per heavy atom. The van der Waals surface area contributed by atoms with E-state index in [2.05, 4.69) is 15.6 Å². The molecule has 2 aromatic carbocycles. The highest BCUT2D eigenvalue weighted by atomic mass is 32.2. The number of hydrazine groups is 1. The highest BCUT2D eigenvalue weighted by molar-refractivity contribution is 7.89. The van der Waals surface area contributed by atoms with Crippen LogP contribution in [0.1, 0.15) is 53.2 Å². The molecule has 0 saturated carbocycles. The van der Waals surface area contributed by atoms with Crippen LogP contribution in [-0.4, -0.2) is 26.8 Å². The van der Waals surface area contributed by atoms with Gasteiger partial charge in [0.25, 0.3) is 5.91 Å². The molecule has 2 aromatic rings. The molecule has 0 aliphatic rings. The van der Waals surface area contributed by atoms with Gasteiger partial charge in [-0.25, -0.2) is 13.1 Å². The first-order valence-electron chi connectivity index (χ1n) is 9.36. The largest absolute Gasteiger partial charge is 0.273 e. The quantitative estimate of drug-likeness (QED) is 0.602. The average Bonchev–Trinajstić information content (AvgIpc) is 2.66. The van der Waals surface area contributed by atoms with Crippen LogP contribution in [0.3, 0.4) is 0 Å². The molecule has 0 aliphatic heterocycles. The van der Waals surface area contributed by atoms with Crippen molar-refractivity contribution in [1.29, 1.82) is 0 Å². The summed E-state index contributed by atoms with van der Waals surface area (Å²) < 4.78 is 27.0. The van der Waals surface area contributed by atoms with Gasteiger partial charge in [0.05, 0.1) is 4.90 Å². The Balaban J connectivity index is 1.82. The first kappa shape index (κ1) is 22.6. The number of rotatable bonds is 7. The lowest BCUT2D eigenvalue weighted by atomic mass is 10.0. The smallest absolute Gasteiger partial charge is 0.269 e. The number of sulfonamides is 1. The number of nitrogens with one attached hydrogen (secondary N) is 3. The van der Waals surface area contributed by atoms with Gasteiger partial charge in [-0.2, -0.15) is 0 Å². The third-order valence-corrected chi connectivity index (χ3v) is 5.92. The standard InChI is InChI=1S/C21H27N3O4S/c1-14(2)17-6-8-18(9-7-17)29(27,28)22-12-11-20(25)23-24-21(26)19-10-5-15(3)13-16(19)4/h5-10,13-14,22H,11-12H2,1-4H3,(H,23,25)(H,24,26). The van der Waals surface area contributed by atoms with Crippen molar-refractivity contribution in [1.82, 2.24) is 15.6 Å². The summed E-state index contributed by atoms with van der Waals surface area (Å²) in [5, 5.41) is 0. The summed E-state index contributed by atoms with van der Waals surface area (Å²) in [4.78, 5) is 24.2. The van der Waals surface area contributed by atoms with E-state index in [-0.39, 0.29) is 17.9 Å². The molecule has 0 radical (unpaired) electrons. The van der Waals surface area contributed by atoms with Crippen molar-refractivity contribution in [2.75, 3.05) is 6.54 Å². The van der Waals surface area contributed by atoms with Crippen LogP contribution in [0, 0.1) is 13.8 Å². The summed E-state index contributed by atoms with van der Waals surface area (Å²) in [5.41, 5.74) is 7.97. The van der Waals surface area contributed by atoms with Gasteiger partial charge in [0.15, 0.2) is 0 Å². The second-order valence-corrected chi connectivity index (χ2v) is 8.96. The van der Waals surface area contributed by atoms with Crippen LogP contribution < -0.4 is 15.6 Å². The van der Waals surface area contributed by atoms with E-state index >= 15 is 0 Å². The number of amides is 2. The van der Waals surface area contributed by atoms with Gasteiger partial charge in [-0.15, -0.1) is 0 Å². The van der Waals surface area contributed by atoms with Crippen LogP contribution in [0.15, 0.2) is 47.4 Å². The number of hydrogen-bond acceptors (Lipinski definition) is 4. The normalized spacial score (nSPS) is 11.3. The van der Waals surface area contributed by atoms with Gasteiger partial charge in [0.2, 0.25) is 15.9 Å². The molecule has 3 N–H and O–H groups in total. The molecular formula is C21H27N3O4S. The molecule has 0 unspecified atom stereocenters. The van der Waals surface area contributed by atoms with Crippen molar-refractivity contribution in [3.8, 4) is 0 Å². The van der Waals surface area contributed by atoms with Gasteiger partial charge >= 0.3 is 0 Å². The first-order valence-corrected chi connectivity index (χ1v) is 10.8. The van der Waals surface area contributed by atoms with Gasteiger partial charge in [-0.05, 0) is 49.1 Å². The maximum Gasteiger partial charge on any atom is 0.269 e. The topological polar surface area (TPSA) is 104 Å². The molecule has 8 heteroatoms. The number of hydrogen-bond donors (Lipinski definition) is 3. The second kappa shape index (κ2) is 9.67. The lowest BCUT2D eigenvalue weighted by Gasteiger charge is -2.11. The predicted molar refractivity (Wildman–Crippen MR) is 112 cm³/mol. The fourth-order valence-electron chi connectivity index (χ4n) is 2.74. The number of carbonyl (C=O) groups is 2. The highest BCUT2D eigenvalue weighted by Crippen LogP contribution is 2.17. The van der Waals surface area contributed by atoms with Crippen LogP contribution in [0.2, 0.25) is 0 Å². The number of aryl methyl sites for hydroxylation is 2. The maximum absolute atomic E-state index is 12.3. The van der Waals surface area contributed by atoms with Crippen molar-refractivity contribution >= 4 is 21.8 Å². The Labute approximate surface area is 171 Å². The van der Waals surface area contributed by atoms with Crippen molar-refractivity contribution in [2.24, 2.45) is 0 Å². The summed E-state index contributed by atoms with van der Waals surface area (Å²) in [6, 6.07) is 12.0. The SMILES string of the molecule is Cc1ccc(C(=O)NNC(=O)CCNS(=O)(=O)c2ccc(C(C)C)cc2)c(C)c1. The third kappa shape index (κ3) is 6.40. The van der Waals surface area contributed by atoms with Gasteiger partial charge < -0.3 is 0 Å². The number of benzene rings is 2. The van der Waals surface area contributed by atoms with Crippen LogP contribution in [0.5, 0.6) is 0 Å². The zero-order valence-corrected chi connectivity index (χ0v) is 17.9. The zero-order valence-electron chi connectivity index (χ0n) is 17.1. The highest BCUT2D eigenvalue weighted by Gasteiger charge is 2.15. The fraction of sp³-hybridized carbons (Fsp3) is 0.333. The minimum absolute atomic E-state index is 0.0838. The predicted octanol–water partition coefficient (Wildman–Crippen LogP) is 2.56. The molecule has 0 fully saturated rings. The van der Waals surface area contributed by atoms with Crippen molar-refractivity contribution in [2.45, 2.75) is 44.9 Å². The first-order chi connectivity index (χ1) is 13.6. The van der Waals surface area contributed by atoms with E-state index in [9.17, 15) is 18.0 Å². The Bertz CT molecular complexity index is 983. The summed E-state index contributed by atoms with van der Waals surface area (Å²) in [5.74, 6) is -0.620. The van der Waals surface area contributed by atoms with Crippen LogP contribution in [0.4, 0.5) is 0 Å². The van der Waals surface area contributed by atoms with E-state index in [0.29, 0.717) is 11.5 Å². The molecular weight excluding hydrogens is 390 g/mol. The lowest BCUT2D eigenvalue weighted by molar-refractivity contribution is -0.121. The molecule has 2 rings (SSSR count). The second-order valence-electron chi connectivity index (χ2n) is 7.19. The van der Waals surface area contributed by atoms with E-state index in [1.807, 2.05) is 39.8 Å². The molecule has 0 heterocycles. The van der Waals surface area contributed by atoms with Gasteiger partial charge in [0.1, 0.15) is 0 Å². The molecule has 156 valence electrons. The summed E-state index contributed by atoms with van der Waals surface area (Å²) in [7, 11) is -3.70. The monoisotopic (exact) mass is 417 g/mol. The fourth-order valence-corrected chi connectivity index (χ4v) is 3.77. The Morgan fingerprint density at radius 3 is 2.21 bits per heavy atom. The van der Waals surface area contributed by atoms with Crippen LogP contribution in [0.25, 0.3) is 0 Å². The Morgan fingerprint density at radius 2 is 1.62 bits per heavy atom. The van der Waals surface area contributed by atoms with Crippen LogP contribution >= 0.6 is 0 Å².